The van der Waals surface area contributed by atoms with E-state index >= 15 is 0 Å². The molecule has 3 aliphatic rings. The second-order valence-electron chi connectivity index (χ2n) is 11.0. The summed E-state index contributed by atoms with van der Waals surface area (Å²) in [5.41, 5.74) is 2.57. The van der Waals surface area contributed by atoms with Crippen LogP contribution < -0.4 is 24.6 Å². The maximum Gasteiger partial charge on any atom is 0.259 e. The number of benzene rings is 1. The van der Waals surface area contributed by atoms with Crippen LogP contribution in [0.5, 0.6) is 5.75 Å². The standard InChI is InChI=1S/C28H36F3N5O3S/c1-19(17-37)40-34-25-15-22(35-10-6-27(4-5-27)7-11-35)21(16-32-25)26(38)33-20-2-3-24(39-18-29)23(14-20)36-12-8-28(30,31)9-13-36/h2-3,14-16,19,37H,4-13,17-18H2,1H3,(H,32,34)(H,33,38)/t19-/m0/s1. The number of carbonyl (C=O) groups excluding carboxylic acids is 1. The van der Waals surface area contributed by atoms with Crippen LogP contribution in [0.2, 0.25) is 0 Å². The summed E-state index contributed by atoms with van der Waals surface area (Å²) in [4.78, 5) is 22.0. The Balaban J connectivity index is 1.37. The van der Waals surface area contributed by atoms with Crippen LogP contribution in [0.15, 0.2) is 30.5 Å². The van der Waals surface area contributed by atoms with Gasteiger partial charge in [-0.25, -0.2) is 18.2 Å². The van der Waals surface area contributed by atoms with Crippen LogP contribution in [0.4, 0.5) is 36.1 Å². The topological polar surface area (TPSA) is 90.0 Å². The highest BCUT2D eigenvalue weighted by molar-refractivity contribution is 8.01. The van der Waals surface area contributed by atoms with Gasteiger partial charge in [-0.15, -0.1) is 0 Å². The Morgan fingerprint density at radius 2 is 1.75 bits per heavy atom. The van der Waals surface area contributed by atoms with Gasteiger partial charge in [-0.2, -0.15) is 0 Å². The number of hydrogen-bond donors (Lipinski definition) is 3. The van der Waals surface area contributed by atoms with Crippen molar-refractivity contribution in [1.29, 1.82) is 0 Å². The van der Waals surface area contributed by atoms with E-state index in [4.69, 9.17) is 4.74 Å². The molecule has 12 heteroatoms. The number of aliphatic hydroxyl groups excluding tert-OH is 1. The third-order valence-corrected chi connectivity index (χ3v) is 9.01. The van der Waals surface area contributed by atoms with Crippen molar-refractivity contribution in [1.82, 2.24) is 4.98 Å². The van der Waals surface area contributed by atoms with Crippen molar-refractivity contribution in [2.24, 2.45) is 5.41 Å². The molecule has 8 nitrogen and oxygen atoms in total. The predicted molar refractivity (Wildman–Crippen MR) is 153 cm³/mol. The number of halogens is 3. The fourth-order valence-electron chi connectivity index (χ4n) is 5.33. The van der Waals surface area contributed by atoms with Gasteiger partial charge in [0.2, 0.25) is 6.86 Å². The van der Waals surface area contributed by atoms with Crippen LogP contribution in [-0.4, -0.2) is 66.8 Å². The molecule has 40 heavy (non-hydrogen) atoms. The largest absolute Gasteiger partial charge is 0.461 e. The van der Waals surface area contributed by atoms with E-state index in [1.54, 1.807) is 29.3 Å². The highest BCUT2D eigenvalue weighted by Crippen LogP contribution is 2.54. The summed E-state index contributed by atoms with van der Waals surface area (Å²) in [5.74, 6) is -2.25. The smallest absolute Gasteiger partial charge is 0.259 e. The van der Waals surface area contributed by atoms with E-state index in [0.29, 0.717) is 28.2 Å². The fraction of sp³-hybridized carbons (Fsp3) is 0.571. The Labute approximate surface area is 236 Å². The number of anilines is 4. The number of pyridine rings is 1. The summed E-state index contributed by atoms with van der Waals surface area (Å²) in [6, 6.07) is 6.66. The lowest BCUT2D eigenvalue weighted by Crippen LogP contribution is -2.39. The summed E-state index contributed by atoms with van der Waals surface area (Å²) < 4.78 is 48.8. The van der Waals surface area contributed by atoms with E-state index in [2.05, 4.69) is 19.9 Å². The molecule has 218 valence electrons. The molecule has 1 aromatic heterocycles. The first-order valence-electron chi connectivity index (χ1n) is 13.8. The first kappa shape index (κ1) is 28.7. The quantitative estimate of drug-likeness (QED) is 0.309. The molecule has 1 atom stereocenters. The Kier molecular flexibility index (Phi) is 8.55. The molecule has 2 aromatic rings. The van der Waals surface area contributed by atoms with Gasteiger partial charge < -0.3 is 29.7 Å². The number of rotatable bonds is 10. The summed E-state index contributed by atoms with van der Waals surface area (Å²) >= 11 is 1.36. The average Bonchev–Trinajstić information content (AvgIpc) is 3.71. The second kappa shape index (κ2) is 11.9. The molecule has 3 fully saturated rings. The first-order chi connectivity index (χ1) is 19.2. The molecule has 0 radical (unpaired) electrons. The monoisotopic (exact) mass is 579 g/mol. The lowest BCUT2D eigenvalue weighted by molar-refractivity contribution is -0.0221. The maximum absolute atomic E-state index is 13.8. The van der Waals surface area contributed by atoms with Gasteiger partial charge in [0.1, 0.15) is 11.6 Å². The van der Waals surface area contributed by atoms with Gasteiger partial charge in [0, 0.05) is 62.2 Å². The molecule has 1 amide bonds. The third-order valence-electron chi connectivity index (χ3n) is 8.13. The van der Waals surface area contributed by atoms with E-state index < -0.39 is 12.8 Å². The molecule has 1 saturated carbocycles. The van der Waals surface area contributed by atoms with Crippen molar-refractivity contribution in [2.45, 2.75) is 56.6 Å². The number of aliphatic hydroxyl groups is 1. The van der Waals surface area contributed by atoms with Gasteiger partial charge in [-0.05, 0) is 68.2 Å². The van der Waals surface area contributed by atoms with Crippen LogP contribution >= 0.6 is 11.9 Å². The van der Waals surface area contributed by atoms with Crippen LogP contribution in [0.3, 0.4) is 0 Å². The molecule has 2 aliphatic heterocycles. The van der Waals surface area contributed by atoms with Crippen molar-refractivity contribution in [3.8, 4) is 5.75 Å². The predicted octanol–water partition coefficient (Wildman–Crippen LogP) is 5.70. The molecular formula is C28H36F3N5O3S. The molecule has 5 rings (SSSR count). The summed E-state index contributed by atoms with van der Waals surface area (Å²) in [6.07, 6.45) is 5.65. The lowest BCUT2D eigenvalue weighted by atomic mass is 9.93. The van der Waals surface area contributed by atoms with Crippen LogP contribution in [0.1, 0.15) is 55.8 Å². The van der Waals surface area contributed by atoms with Gasteiger partial charge in [0.25, 0.3) is 11.8 Å². The van der Waals surface area contributed by atoms with Crippen molar-refractivity contribution < 1.29 is 27.8 Å². The molecule has 0 bridgehead atoms. The number of nitrogens with one attached hydrogen (secondary N) is 2. The van der Waals surface area contributed by atoms with Crippen molar-refractivity contribution in [2.75, 3.05) is 59.5 Å². The van der Waals surface area contributed by atoms with Gasteiger partial charge in [-0.3, -0.25) is 4.79 Å². The van der Waals surface area contributed by atoms with Gasteiger partial charge in [0.15, 0.2) is 0 Å². The minimum atomic E-state index is -2.73. The molecule has 0 unspecified atom stereocenters. The molecular weight excluding hydrogens is 543 g/mol. The van der Waals surface area contributed by atoms with E-state index in [-0.39, 0.29) is 49.4 Å². The number of ether oxygens (including phenoxy) is 1. The van der Waals surface area contributed by atoms with Crippen LogP contribution in [0, 0.1) is 5.41 Å². The zero-order valence-corrected chi connectivity index (χ0v) is 23.4. The van der Waals surface area contributed by atoms with E-state index in [1.807, 2.05) is 13.0 Å². The summed E-state index contributed by atoms with van der Waals surface area (Å²) in [7, 11) is 0. The molecule has 1 spiro atoms. The highest BCUT2D eigenvalue weighted by atomic mass is 32.2. The lowest BCUT2D eigenvalue weighted by Gasteiger charge is -2.35. The zero-order valence-electron chi connectivity index (χ0n) is 22.6. The minimum absolute atomic E-state index is 0.0240. The Morgan fingerprint density at radius 3 is 2.40 bits per heavy atom. The molecule has 3 heterocycles. The Morgan fingerprint density at radius 1 is 1.07 bits per heavy atom. The number of alkyl halides is 3. The Hall–Kier alpha value is -2.86. The number of piperidine rings is 2. The summed E-state index contributed by atoms with van der Waals surface area (Å²) in [6.45, 7) is 2.76. The third kappa shape index (κ3) is 6.71. The molecule has 2 saturated heterocycles. The van der Waals surface area contributed by atoms with Crippen LogP contribution in [-0.2, 0) is 0 Å². The van der Waals surface area contributed by atoms with Crippen molar-refractivity contribution in [3.05, 3.63) is 36.0 Å². The highest BCUT2D eigenvalue weighted by Gasteiger charge is 2.44. The normalized spacial score (nSPS) is 20.2. The zero-order chi connectivity index (χ0) is 28.3. The fourth-order valence-corrected chi connectivity index (χ4v) is 5.84. The van der Waals surface area contributed by atoms with E-state index in [0.717, 1.165) is 31.6 Å². The number of amides is 1. The number of hydrogen-bond acceptors (Lipinski definition) is 8. The van der Waals surface area contributed by atoms with E-state index in [9.17, 15) is 23.1 Å². The number of carbonyl (C=O) groups is 1. The van der Waals surface area contributed by atoms with Crippen molar-refractivity contribution >= 4 is 40.7 Å². The maximum atomic E-state index is 13.8. The number of aromatic nitrogens is 1. The number of nitrogens with zero attached hydrogens (tertiary/aromatic N) is 3. The molecule has 1 aromatic carbocycles. The molecule has 1 aliphatic carbocycles. The first-order valence-corrected chi connectivity index (χ1v) is 14.6. The average molecular weight is 580 g/mol. The summed E-state index contributed by atoms with van der Waals surface area (Å²) in [5, 5.41) is 12.2. The van der Waals surface area contributed by atoms with Crippen LogP contribution in [0.25, 0.3) is 0 Å². The molecule has 3 N–H and O–H groups in total. The van der Waals surface area contributed by atoms with Gasteiger partial charge in [-0.1, -0.05) is 0 Å². The second-order valence-corrected chi connectivity index (χ2v) is 12.3. The minimum Gasteiger partial charge on any atom is -0.461 e. The van der Waals surface area contributed by atoms with Crippen molar-refractivity contribution in [3.63, 3.8) is 0 Å². The SMILES string of the molecule is C[C@@H](CO)SNc1cc(N2CCC3(CC2)CC3)c(C(=O)Nc2ccc(OCF)c(N3CCC(F)(F)CC3)c2)cn1. The van der Waals surface area contributed by atoms with Gasteiger partial charge in [0.05, 0.1) is 23.5 Å². The Bertz CT molecular complexity index is 1200. The van der Waals surface area contributed by atoms with E-state index in [1.165, 1.54) is 24.8 Å². The van der Waals surface area contributed by atoms with Gasteiger partial charge >= 0.3 is 0 Å².